The molecule has 2 aromatic carbocycles. The molecular weight excluding hydrogens is 873 g/mol. The van der Waals surface area contributed by atoms with Crippen molar-refractivity contribution >= 4 is 56.1 Å². The zero-order valence-corrected chi connectivity index (χ0v) is 38.1. The summed E-state index contributed by atoms with van der Waals surface area (Å²) in [5.74, 6) is 2.20. The number of ether oxygens (including phenoxy) is 2. The lowest BCUT2D eigenvalue weighted by atomic mass is 10.2. The van der Waals surface area contributed by atoms with Gasteiger partial charge in [0.2, 0.25) is 0 Å². The molecule has 2 aliphatic rings. The maximum absolute atomic E-state index is 14.2. The first kappa shape index (κ1) is 44.2. The molecule has 0 spiro atoms. The van der Waals surface area contributed by atoms with E-state index >= 15 is 0 Å². The first-order valence-corrected chi connectivity index (χ1v) is 22.6. The predicted octanol–water partition coefficient (Wildman–Crippen LogP) is 6.04. The van der Waals surface area contributed by atoms with Crippen LogP contribution in [-0.4, -0.2) is 128 Å². The molecule has 0 atom stereocenters. The Labute approximate surface area is 379 Å². The number of aromatic nitrogens is 10. The maximum Gasteiger partial charge on any atom is 0.308 e. The van der Waals surface area contributed by atoms with Gasteiger partial charge in [0.15, 0.2) is 34.6 Å². The van der Waals surface area contributed by atoms with Crippen molar-refractivity contribution in [1.82, 2.24) is 52.4 Å². The number of hydrogen-bond acceptors (Lipinski definition) is 14. The zero-order valence-electron chi connectivity index (χ0n) is 37.2. The highest BCUT2D eigenvalue weighted by Crippen LogP contribution is 2.34. The molecule has 2 aliphatic heterocycles. The number of aryl methyl sites for hydroxylation is 2. The van der Waals surface area contributed by atoms with E-state index < -0.39 is 10.2 Å². The van der Waals surface area contributed by atoms with Crippen LogP contribution in [0.3, 0.4) is 0 Å². The van der Waals surface area contributed by atoms with Crippen LogP contribution >= 0.6 is 0 Å². The number of anilines is 6. The molecule has 3 N–H and O–H groups in total. The lowest BCUT2D eigenvalue weighted by Crippen LogP contribution is -2.37. The molecule has 2 fully saturated rings. The standard InChI is InChI=1S/C23H27FN8O3S.C21H22FN7O/c1-15-18(24)6-5-7-19(15)27-22-16(2)26-23-17(20-13-31(14-25-20)36(33,34)29(3)4)12-21(28-32(22)23)30-8-10-35-11-9-30;1-13-16(22)4-3-5-17(13)26-20-14(2)25-21-15(18-11-23-12-24-18)10-19(27-29(20)21)28-6-8-30-9-7-28/h5-7,12-14,27H,8-11H2,1-4H3;3-5,10-12,26H,6-9H2,1-2H3,(H,23,24). The van der Waals surface area contributed by atoms with E-state index in [-0.39, 0.29) is 11.6 Å². The second kappa shape index (κ2) is 18.1. The monoisotopic (exact) mass is 921 g/mol. The van der Waals surface area contributed by atoms with Gasteiger partial charge in [-0.2, -0.15) is 21.8 Å². The van der Waals surface area contributed by atoms with Gasteiger partial charge in [-0.25, -0.2) is 32.7 Å². The van der Waals surface area contributed by atoms with E-state index in [2.05, 4.69) is 35.4 Å². The Morgan fingerprint density at radius 1 is 0.727 bits per heavy atom. The van der Waals surface area contributed by atoms with E-state index in [1.165, 1.54) is 38.8 Å². The first-order chi connectivity index (χ1) is 31.8. The van der Waals surface area contributed by atoms with Gasteiger partial charge in [0.1, 0.15) is 18.0 Å². The molecule has 6 aromatic heterocycles. The number of hydrogen-bond donors (Lipinski definition) is 3. The summed E-state index contributed by atoms with van der Waals surface area (Å²) in [7, 11) is -0.813. The van der Waals surface area contributed by atoms with Crippen molar-refractivity contribution in [2.45, 2.75) is 27.7 Å². The number of nitrogens with one attached hydrogen (secondary N) is 3. The third-order valence-corrected chi connectivity index (χ3v) is 13.2. The minimum Gasteiger partial charge on any atom is -0.378 e. The smallest absolute Gasteiger partial charge is 0.308 e. The molecular formula is C44H49F2N15O4S. The number of benzene rings is 2. The average Bonchev–Trinajstić information content (AvgIpc) is 4.15. The van der Waals surface area contributed by atoms with E-state index in [4.69, 9.17) is 29.6 Å². The van der Waals surface area contributed by atoms with Crippen LogP contribution in [0.2, 0.25) is 0 Å². The summed E-state index contributed by atoms with van der Waals surface area (Å²) in [4.78, 5) is 25.5. The van der Waals surface area contributed by atoms with Crippen molar-refractivity contribution in [3.63, 3.8) is 0 Å². The highest BCUT2D eigenvalue weighted by molar-refractivity contribution is 7.87. The first-order valence-electron chi connectivity index (χ1n) is 21.2. The van der Waals surface area contributed by atoms with Crippen LogP contribution in [0.4, 0.5) is 43.4 Å². The van der Waals surface area contributed by atoms with E-state index in [1.807, 2.05) is 32.0 Å². The molecule has 8 heterocycles. The van der Waals surface area contributed by atoms with Crippen molar-refractivity contribution < 1.29 is 26.7 Å². The van der Waals surface area contributed by atoms with Crippen molar-refractivity contribution in [2.75, 3.05) is 87.1 Å². The number of aromatic amines is 1. The molecule has 344 valence electrons. The van der Waals surface area contributed by atoms with Gasteiger partial charge in [-0.15, -0.1) is 10.2 Å². The summed E-state index contributed by atoms with van der Waals surface area (Å²) < 4.78 is 70.2. The number of fused-ring (bicyclic) bond motifs is 2. The van der Waals surface area contributed by atoms with Crippen LogP contribution in [0, 0.1) is 39.3 Å². The molecule has 2 saturated heterocycles. The molecule has 0 radical (unpaired) electrons. The third kappa shape index (κ3) is 8.50. The van der Waals surface area contributed by atoms with Crippen LogP contribution in [0.5, 0.6) is 0 Å². The molecule has 0 unspecified atom stereocenters. The molecule has 66 heavy (non-hydrogen) atoms. The third-order valence-electron chi connectivity index (χ3n) is 11.6. The van der Waals surface area contributed by atoms with Crippen LogP contribution in [-0.2, 0) is 19.7 Å². The molecule has 0 aliphatic carbocycles. The molecule has 10 rings (SSSR count). The van der Waals surface area contributed by atoms with Crippen LogP contribution in [0.25, 0.3) is 33.8 Å². The molecule has 8 aromatic rings. The highest BCUT2D eigenvalue weighted by Gasteiger charge is 2.25. The Balaban J connectivity index is 0.000000169. The van der Waals surface area contributed by atoms with Crippen molar-refractivity contribution in [2.24, 2.45) is 0 Å². The van der Waals surface area contributed by atoms with Gasteiger partial charge in [0.05, 0.1) is 67.3 Å². The Kier molecular flexibility index (Phi) is 12.1. The van der Waals surface area contributed by atoms with E-state index in [9.17, 15) is 17.2 Å². The van der Waals surface area contributed by atoms with Gasteiger partial charge in [-0.1, -0.05) is 12.1 Å². The summed E-state index contributed by atoms with van der Waals surface area (Å²) in [5, 5.41) is 16.3. The number of halogens is 2. The Hall–Kier alpha value is -7.01. The molecule has 0 bridgehead atoms. The largest absolute Gasteiger partial charge is 0.378 e. The molecule has 19 nitrogen and oxygen atoms in total. The maximum atomic E-state index is 14.2. The molecule has 22 heteroatoms. The van der Waals surface area contributed by atoms with Gasteiger partial charge < -0.3 is 34.9 Å². The lowest BCUT2D eigenvalue weighted by Gasteiger charge is -2.28. The zero-order chi connectivity index (χ0) is 46.3. The summed E-state index contributed by atoms with van der Waals surface area (Å²) in [6.07, 6.45) is 6.14. The summed E-state index contributed by atoms with van der Waals surface area (Å²) in [5.41, 5.74) is 7.72. The van der Waals surface area contributed by atoms with E-state index in [0.717, 1.165) is 44.1 Å². The lowest BCUT2D eigenvalue weighted by molar-refractivity contribution is 0.122. The summed E-state index contributed by atoms with van der Waals surface area (Å²) in [6, 6.07) is 13.7. The Bertz CT molecular complexity index is 3160. The van der Waals surface area contributed by atoms with Crippen molar-refractivity contribution in [3.8, 4) is 22.5 Å². The van der Waals surface area contributed by atoms with Gasteiger partial charge in [-0.05, 0) is 64.1 Å². The van der Waals surface area contributed by atoms with Gasteiger partial charge in [0.25, 0.3) is 0 Å². The fraction of sp³-hybridized carbons (Fsp3) is 0.318. The normalized spacial score (nSPS) is 14.6. The van der Waals surface area contributed by atoms with Crippen LogP contribution < -0.4 is 20.4 Å². The van der Waals surface area contributed by atoms with Gasteiger partial charge in [0, 0.05) is 74.5 Å². The van der Waals surface area contributed by atoms with Crippen LogP contribution in [0.1, 0.15) is 22.5 Å². The Morgan fingerprint density at radius 2 is 1.23 bits per heavy atom. The minimum absolute atomic E-state index is 0.258. The topological polar surface area (TPSA) is 193 Å². The number of morpholine rings is 2. The quantitative estimate of drug-likeness (QED) is 0.144. The SMILES string of the molecule is Cc1nc2c(-c3cn(S(=O)(=O)N(C)C)cn3)cc(N3CCOCC3)nn2c1Nc1cccc(F)c1C.Cc1nc2c(-c3cnc[nH]3)cc(N3CCOCC3)nn2c1Nc1cccc(F)c1C. The van der Waals surface area contributed by atoms with Crippen molar-refractivity contribution in [1.29, 1.82) is 0 Å². The average molecular weight is 922 g/mol. The second-order valence-corrected chi connectivity index (χ2v) is 18.1. The minimum atomic E-state index is -3.73. The fourth-order valence-corrected chi connectivity index (χ4v) is 8.48. The molecule has 0 saturated carbocycles. The van der Waals surface area contributed by atoms with Gasteiger partial charge in [-0.3, -0.25) is 0 Å². The molecule has 0 amide bonds. The number of imidazole rings is 4. The van der Waals surface area contributed by atoms with E-state index in [1.54, 1.807) is 53.6 Å². The number of rotatable bonds is 10. The van der Waals surface area contributed by atoms with Crippen molar-refractivity contribution in [3.05, 3.63) is 108 Å². The summed E-state index contributed by atoms with van der Waals surface area (Å²) >= 11 is 0. The van der Waals surface area contributed by atoms with Crippen LogP contribution in [0.15, 0.2) is 73.6 Å². The van der Waals surface area contributed by atoms with E-state index in [0.29, 0.717) is 108 Å². The number of nitrogens with zero attached hydrogens (tertiary/aromatic N) is 12. The highest BCUT2D eigenvalue weighted by atomic mass is 32.2. The van der Waals surface area contributed by atoms with Gasteiger partial charge >= 0.3 is 10.2 Å². The second-order valence-electron chi connectivity index (χ2n) is 16.0. The summed E-state index contributed by atoms with van der Waals surface area (Å²) in [6.45, 7) is 12.5. The predicted molar refractivity (Wildman–Crippen MR) is 247 cm³/mol. The Morgan fingerprint density at radius 3 is 1.71 bits per heavy atom. The number of H-pyrrole nitrogens is 1. The fourth-order valence-electron chi connectivity index (χ4n) is 7.70.